The SMILES string of the molecule is CC(=O)OC1C(C(C)C)=CC=C(C)CCC=C(C)C(O)CC2OC2(C)C1OC(C)=O. The Hall–Kier alpha value is -1.92. The Kier molecular flexibility index (Phi) is 8.06. The molecule has 1 N–H and O–H groups in total. The highest BCUT2D eigenvalue weighted by atomic mass is 16.7. The molecule has 5 unspecified atom stereocenters. The van der Waals surface area contributed by atoms with Crippen LogP contribution in [0.5, 0.6) is 0 Å². The van der Waals surface area contributed by atoms with E-state index in [4.69, 9.17) is 14.2 Å². The van der Waals surface area contributed by atoms with E-state index in [1.165, 1.54) is 19.4 Å². The topological polar surface area (TPSA) is 85.4 Å². The highest BCUT2D eigenvalue weighted by Crippen LogP contribution is 2.47. The van der Waals surface area contributed by atoms with Crippen LogP contribution in [-0.2, 0) is 23.8 Å². The molecule has 1 heterocycles. The molecule has 0 aromatic heterocycles. The van der Waals surface area contributed by atoms with E-state index in [0.29, 0.717) is 6.42 Å². The largest absolute Gasteiger partial charge is 0.455 e. The molecule has 2 aliphatic rings. The first kappa shape index (κ1) is 24.4. The van der Waals surface area contributed by atoms with Gasteiger partial charge in [-0.3, -0.25) is 9.59 Å². The number of aliphatic hydroxyl groups excluding tert-OH is 1. The van der Waals surface area contributed by atoms with Crippen molar-refractivity contribution in [3.05, 3.63) is 34.9 Å². The zero-order valence-electron chi connectivity index (χ0n) is 19.2. The number of carbonyl (C=O) groups is 2. The van der Waals surface area contributed by atoms with Crippen molar-refractivity contribution in [3.8, 4) is 0 Å². The third-order valence-corrected chi connectivity index (χ3v) is 5.93. The average molecular weight is 421 g/mol. The lowest BCUT2D eigenvalue weighted by Gasteiger charge is -2.32. The smallest absolute Gasteiger partial charge is 0.303 e. The summed E-state index contributed by atoms with van der Waals surface area (Å²) in [5.74, 6) is -0.872. The van der Waals surface area contributed by atoms with E-state index in [-0.39, 0.29) is 12.0 Å². The maximum Gasteiger partial charge on any atom is 0.303 e. The van der Waals surface area contributed by atoms with Gasteiger partial charge in [0, 0.05) is 20.3 Å². The fraction of sp³-hybridized carbons (Fsp3) is 0.667. The van der Waals surface area contributed by atoms with E-state index < -0.39 is 35.9 Å². The van der Waals surface area contributed by atoms with Crippen LogP contribution in [0.1, 0.15) is 67.7 Å². The van der Waals surface area contributed by atoms with Gasteiger partial charge in [0.15, 0.2) is 12.2 Å². The van der Waals surface area contributed by atoms with Crippen molar-refractivity contribution >= 4 is 11.9 Å². The van der Waals surface area contributed by atoms with Crippen molar-refractivity contribution in [2.75, 3.05) is 0 Å². The van der Waals surface area contributed by atoms with Gasteiger partial charge < -0.3 is 19.3 Å². The Bertz CT molecular complexity index is 747. The molecule has 6 nitrogen and oxygen atoms in total. The summed E-state index contributed by atoms with van der Waals surface area (Å²) in [6.07, 6.45) is 5.59. The predicted molar refractivity (Wildman–Crippen MR) is 115 cm³/mol. The average Bonchev–Trinajstić information content (AvgIpc) is 3.27. The van der Waals surface area contributed by atoms with E-state index in [9.17, 15) is 14.7 Å². The van der Waals surface area contributed by atoms with Crippen LogP contribution in [-0.4, -0.2) is 47.1 Å². The van der Waals surface area contributed by atoms with E-state index >= 15 is 0 Å². The quantitative estimate of drug-likeness (QED) is 0.422. The molecule has 0 saturated carbocycles. The first-order valence-electron chi connectivity index (χ1n) is 10.7. The van der Waals surface area contributed by atoms with Crippen LogP contribution in [0.3, 0.4) is 0 Å². The molecule has 0 radical (unpaired) electrons. The number of ether oxygens (including phenoxy) is 3. The van der Waals surface area contributed by atoms with Crippen LogP contribution < -0.4 is 0 Å². The van der Waals surface area contributed by atoms with Gasteiger partial charge in [-0.05, 0) is 50.7 Å². The molecule has 0 amide bonds. The van der Waals surface area contributed by atoms with Crippen molar-refractivity contribution in [2.45, 2.75) is 97.7 Å². The summed E-state index contributed by atoms with van der Waals surface area (Å²) in [6, 6.07) is 0. The second-order valence-electron chi connectivity index (χ2n) is 8.92. The molecule has 168 valence electrons. The Morgan fingerprint density at radius 3 is 2.37 bits per heavy atom. The summed E-state index contributed by atoms with van der Waals surface area (Å²) in [5, 5.41) is 10.6. The molecule has 0 spiro atoms. The third-order valence-electron chi connectivity index (χ3n) is 5.93. The summed E-state index contributed by atoms with van der Waals surface area (Å²) >= 11 is 0. The Morgan fingerprint density at radius 1 is 1.17 bits per heavy atom. The molecule has 1 saturated heterocycles. The summed E-state index contributed by atoms with van der Waals surface area (Å²) in [7, 11) is 0. The molecule has 0 aromatic carbocycles. The van der Waals surface area contributed by atoms with Crippen LogP contribution in [0.4, 0.5) is 0 Å². The Balaban J connectivity index is 2.57. The fourth-order valence-corrected chi connectivity index (χ4v) is 3.94. The lowest BCUT2D eigenvalue weighted by atomic mass is 9.85. The van der Waals surface area contributed by atoms with Crippen molar-refractivity contribution in [1.29, 1.82) is 0 Å². The van der Waals surface area contributed by atoms with Crippen molar-refractivity contribution in [3.63, 3.8) is 0 Å². The van der Waals surface area contributed by atoms with Gasteiger partial charge in [0.25, 0.3) is 0 Å². The van der Waals surface area contributed by atoms with Gasteiger partial charge in [0.05, 0.1) is 12.2 Å². The fourth-order valence-electron chi connectivity index (χ4n) is 3.94. The molecule has 0 aromatic rings. The van der Waals surface area contributed by atoms with E-state index in [1.807, 2.05) is 46.8 Å². The number of esters is 2. The minimum absolute atomic E-state index is 0.0536. The molecule has 1 fully saturated rings. The number of epoxide rings is 1. The number of rotatable bonds is 3. The van der Waals surface area contributed by atoms with Crippen LogP contribution in [0, 0.1) is 5.92 Å². The van der Waals surface area contributed by atoms with Gasteiger partial charge in [0.2, 0.25) is 0 Å². The molecule has 2 rings (SSSR count). The van der Waals surface area contributed by atoms with Crippen molar-refractivity contribution < 1.29 is 28.9 Å². The molecule has 1 aliphatic carbocycles. The number of aliphatic hydroxyl groups is 1. The van der Waals surface area contributed by atoms with Crippen molar-refractivity contribution in [2.24, 2.45) is 5.92 Å². The lowest BCUT2D eigenvalue weighted by Crippen LogP contribution is -2.47. The molecule has 6 heteroatoms. The second-order valence-corrected chi connectivity index (χ2v) is 8.92. The second kappa shape index (κ2) is 9.92. The zero-order valence-corrected chi connectivity index (χ0v) is 19.2. The monoisotopic (exact) mass is 420 g/mol. The normalized spacial score (nSPS) is 32.8. The van der Waals surface area contributed by atoms with E-state index in [0.717, 1.165) is 24.0 Å². The van der Waals surface area contributed by atoms with Gasteiger partial charge >= 0.3 is 11.9 Å². The van der Waals surface area contributed by atoms with Gasteiger partial charge in [-0.1, -0.05) is 37.6 Å². The highest BCUT2D eigenvalue weighted by molar-refractivity contribution is 5.68. The van der Waals surface area contributed by atoms with Crippen LogP contribution in [0.15, 0.2) is 34.9 Å². The van der Waals surface area contributed by atoms with Crippen LogP contribution in [0.2, 0.25) is 0 Å². The lowest BCUT2D eigenvalue weighted by molar-refractivity contribution is -0.167. The van der Waals surface area contributed by atoms with Gasteiger partial charge in [-0.15, -0.1) is 0 Å². The maximum absolute atomic E-state index is 12.0. The number of allylic oxidation sites excluding steroid dienone is 4. The number of carbonyl (C=O) groups excluding carboxylic acids is 2. The van der Waals surface area contributed by atoms with Gasteiger partial charge in [-0.2, -0.15) is 0 Å². The summed E-state index contributed by atoms with van der Waals surface area (Å²) in [4.78, 5) is 23.9. The van der Waals surface area contributed by atoms with Crippen molar-refractivity contribution in [1.82, 2.24) is 0 Å². The minimum Gasteiger partial charge on any atom is -0.455 e. The Morgan fingerprint density at radius 2 is 1.80 bits per heavy atom. The summed E-state index contributed by atoms with van der Waals surface area (Å²) in [5.41, 5.74) is 2.07. The first-order chi connectivity index (χ1) is 14.0. The third kappa shape index (κ3) is 6.05. The number of hydrogen-bond donors (Lipinski definition) is 1. The number of fused-ring (bicyclic) bond motifs is 1. The van der Waals surface area contributed by atoms with Gasteiger partial charge in [0.1, 0.15) is 5.60 Å². The maximum atomic E-state index is 12.0. The predicted octanol–water partition coefficient (Wildman–Crippen LogP) is 4.03. The Labute approximate surface area is 180 Å². The molecule has 1 aliphatic heterocycles. The van der Waals surface area contributed by atoms with Crippen LogP contribution in [0.25, 0.3) is 0 Å². The zero-order chi connectivity index (χ0) is 22.6. The number of hydrogen-bond acceptors (Lipinski definition) is 6. The summed E-state index contributed by atoms with van der Waals surface area (Å²) < 4.78 is 17.4. The summed E-state index contributed by atoms with van der Waals surface area (Å²) in [6.45, 7) is 12.5. The molecular formula is C24H36O6. The molecule has 5 atom stereocenters. The van der Waals surface area contributed by atoms with E-state index in [1.54, 1.807) is 0 Å². The van der Waals surface area contributed by atoms with Crippen LogP contribution >= 0.6 is 0 Å². The van der Waals surface area contributed by atoms with E-state index in [2.05, 4.69) is 6.08 Å². The minimum atomic E-state index is -0.857. The molecular weight excluding hydrogens is 384 g/mol. The standard InChI is InChI=1S/C24H36O6/c1-14(2)19-12-11-15(3)9-8-10-16(4)20(27)13-21-24(7,30-21)23(29-18(6)26)22(19)28-17(5)25/h10-12,14,20-23,27H,8-9,13H2,1-7H3. The van der Waals surface area contributed by atoms with Gasteiger partial charge in [-0.25, -0.2) is 0 Å². The highest BCUT2D eigenvalue weighted by Gasteiger charge is 2.63. The molecule has 0 bridgehead atoms. The first-order valence-corrected chi connectivity index (χ1v) is 10.7. The molecule has 30 heavy (non-hydrogen) atoms.